The van der Waals surface area contributed by atoms with E-state index in [1.165, 1.54) is 34.4 Å². The van der Waals surface area contributed by atoms with Crippen molar-refractivity contribution in [2.45, 2.75) is 49.2 Å². The second-order valence-corrected chi connectivity index (χ2v) is 11.5. The van der Waals surface area contributed by atoms with Gasteiger partial charge in [0.2, 0.25) is 0 Å². The first-order valence-electron chi connectivity index (χ1n) is 12.4. The number of halogens is 2. The van der Waals surface area contributed by atoms with Crippen LogP contribution in [0.15, 0.2) is 25.3 Å². The van der Waals surface area contributed by atoms with E-state index in [2.05, 4.69) is 29.9 Å². The predicted molar refractivity (Wildman–Crippen MR) is 137 cm³/mol. The van der Waals surface area contributed by atoms with Crippen LogP contribution in [0.1, 0.15) is 12.5 Å². The van der Waals surface area contributed by atoms with Gasteiger partial charge in [0.05, 0.1) is 25.9 Å². The van der Waals surface area contributed by atoms with Crippen molar-refractivity contribution in [1.29, 1.82) is 0 Å². The topological polar surface area (TPSA) is 229 Å². The smallest absolute Gasteiger partial charge is 0.319 e. The van der Waals surface area contributed by atoms with Gasteiger partial charge in [0, 0.05) is 0 Å². The fraction of sp³-hybridized carbons (Fsp3) is 0.500. The summed E-state index contributed by atoms with van der Waals surface area (Å²) >= 11 is 0. The number of imidazole rings is 2. The first-order chi connectivity index (χ1) is 20.3. The van der Waals surface area contributed by atoms with Crippen molar-refractivity contribution in [2.24, 2.45) is 0 Å². The zero-order valence-electron chi connectivity index (χ0n) is 21.1. The predicted octanol–water partition coefficient (Wildman–Crippen LogP) is 0.898. The fourth-order valence-corrected chi connectivity index (χ4v) is 6.83. The molecule has 0 spiro atoms. The molecule has 3 fully saturated rings. The Morgan fingerprint density at radius 1 is 0.714 bits per heavy atom. The minimum atomic E-state index is -3.40. The summed E-state index contributed by atoms with van der Waals surface area (Å²) in [5.41, 5.74) is 12.4. The zero-order chi connectivity index (χ0) is 29.1. The molecule has 3 saturated heterocycles. The summed E-state index contributed by atoms with van der Waals surface area (Å²) in [6.45, 7) is -1.03. The molecular weight excluding hydrogens is 608 g/mol. The van der Waals surface area contributed by atoms with Gasteiger partial charge in [0.25, 0.3) is 0 Å². The maximum Gasteiger partial charge on any atom is 0.319 e. The highest BCUT2D eigenvalue weighted by Gasteiger charge is 2.51. The molecule has 42 heavy (non-hydrogen) atoms. The Bertz CT molecular complexity index is 1580. The molecular formula is C20H22F2N10O8P2. The van der Waals surface area contributed by atoms with E-state index in [9.17, 15) is 9.13 Å². The summed E-state index contributed by atoms with van der Waals surface area (Å²) in [6, 6.07) is 0. The minimum absolute atomic E-state index is 0.0761. The fourth-order valence-electron chi connectivity index (χ4n) is 5.09. The number of nitrogens with zero attached hydrogens (tertiary/aromatic N) is 8. The van der Waals surface area contributed by atoms with E-state index in [4.69, 9.17) is 39.0 Å². The van der Waals surface area contributed by atoms with Crippen LogP contribution in [-0.4, -0.2) is 89.0 Å². The number of hydrogen-bond acceptors (Lipinski definition) is 16. The second kappa shape index (κ2) is 10.8. The van der Waals surface area contributed by atoms with Crippen LogP contribution in [-0.2, 0) is 36.7 Å². The normalized spacial score (nSPS) is 36.0. The number of nitrogen functional groups attached to an aromatic ring is 2. The Kier molecular flexibility index (Phi) is 7.10. The third kappa shape index (κ3) is 4.64. The highest BCUT2D eigenvalue weighted by molar-refractivity contribution is 7.33. The quantitative estimate of drug-likeness (QED) is 0.293. The summed E-state index contributed by atoms with van der Waals surface area (Å²) in [5, 5.41) is 0. The van der Waals surface area contributed by atoms with Crippen molar-refractivity contribution in [3.05, 3.63) is 25.3 Å². The van der Waals surface area contributed by atoms with Crippen LogP contribution in [0.3, 0.4) is 0 Å². The number of nitrogens with two attached hydrogens (primary N) is 2. The first kappa shape index (κ1) is 27.6. The summed E-state index contributed by atoms with van der Waals surface area (Å²) in [7, 11) is -6.81. The maximum absolute atomic E-state index is 15.7. The number of fused-ring (bicyclic) bond motifs is 4. The van der Waals surface area contributed by atoms with Gasteiger partial charge in [-0.05, 0) is 0 Å². The molecule has 22 heteroatoms. The molecule has 7 heterocycles. The molecule has 18 nitrogen and oxygen atoms in total. The molecule has 224 valence electrons. The lowest BCUT2D eigenvalue weighted by Crippen LogP contribution is -2.35. The Balaban J connectivity index is 1.12. The molecule has 3 aliphatic heterocycles. The molecule has 10 atom stereocenters. The van der Waals surface area contributed by atoms with Crippen LogP contribution in [0.5, 0.6) is 0 Å². The lowest BCUT2D eigenvalue weighted by Gasteiger charge is -2.23. The van der Waals surface area contributed by atoms with Crippen LogP contribution in [0.25, 0.3) is 22.3 Å². The van der Waals surface area contributed by atoms with Gasteiger partial charge in [-0.3, -0.25) is 18.3 Å². The van der Waals surface area contributed by atoms with E-state index < -0.39 is 78.9 Å². The molecule has 0 aliphatic carbocycles. The molecule has 4 N–H and O–H groups in total. The van der Waals surface area contributed by atoms with E-state index in [-0.39, 0.29) is 34.0 Å². The van der Waals surface area contributed by atoms with Crippen molar-refractivity contribution in [3.63, 3.8) is 0 Å². The van der Waals surface area contributed by atoms with Crippen molar-refractivity contribution < 1.29 is 45.5 Å². The maximum atomic E-state index is 15.7. The van der Waals surface area contributed by atoms with E-state index in [1.807, 2.05) is 0 Å². The summed E-state index contributed by atoms with van der Waals surface area (Å²) in [4.78, 5) is 24.0. The Morgan fingerprint density at radius 3 is 1.57 bits per heavy atom. The van der Waals surface area contributed by atoms with Crippen LogP contribution in [0.2, 0.25) is 0 Å². The molecule has 0 radical (unpaired) electrons. The van der Waals surface area contributed by atoms with Crippen molar-refractivity contribution >= 4 is 50.5 Å². The molecule has 2 unspecified atom stereocenters. The number of rotatable bonds is 2. The van der Waals surface area contributed by atoms with Gasteiger partial charge in [-0.2, -0.15) is 0 Å². The largest absolute Gasteiger partial charge is 0.382 e. The first-order valence-corrected chi connectivity index (χ1v) is 14.9. The van der Waals surface area contributed by atoms with E-state index in [1.54, 1.807) is 0 Å². The lowest BCUT2D eigenvalue weighted by atomic mass is 10.1. The zero-order valence-corrected chi connectivity index (χ0v) is 23.1. The van der Waals surface area contributed by atoms with Crippen molar-refractivity contribution in [3.8, 4) is 0 Å². The number of anilines is 2. The van der Waals surface area contributed by atoms with E-state index >= 15 is 8.78 Å². The Hall–Kier alpha value is -3.22. The van der Waals surface area contributed by atoms with Crippen molar-refractivity contribution in [1.82, 2.24) is 39.0 Å². The Morgan fingerprint density at radius 2 is 1.14 bits per heavy atom. The van der Waals surface area contributed by atoms with Gasteiger partial charge >= 0.3 is 16.5 Å². The number of hydrogen-bond donors (Lipinski definition) is 2. The van der Waals surface area contributed by atoms with E-state index in [0.29, 0.717) is 0 Å². The molecule has 7 rings (SSSR count). The number of ether oxygens (including phenoxy) is 2. The standard InChI is InChI=1S/C20H22F2N10O8P2/c21-9-13-7(37-19(9)31-5-29-11-15(23)25-3-27-17(11)31)1-35-41(33)40-14-8(2-36-42(34)39-13)38-20(10(14)22)32-6-30-12-16(24)26-4-28-18(12)32/h3-10,13-14,19-20,41-42H,1-2H2,(H2,23,25,27)(H2,24,26,28)/t7-,8-,9-,10-,13-,14-,19-,20-/m1/s1. The average molecular weight is 630 g/mol. The van der Waals surface area contributed by atoms with Crippen LogP contribution >= 0.6 is 16.5 Å². The number of aromatic nitrogens is 8. The third-order valence-corrected chi connectivity index (χ3v) is 8.79. The highest BCUT2D eigenvalue weighted by Crippen LogP contribution is 2.45. The monoisotopic (exact) mass is 630 g/mol. The van der Waals surface area contributed by atoms with Crippen LogP contribution < -0.4 is 11.5 Å². The molecule has 0 saturated carbocycles. The summed E-state index contributed by atoms with van der Waals surface area (Å²) in [5.74, 6) is 0.152. The van der Waals surface area contributed by atoms with Gasteiger partial charge in [-0.25, -0.2) is 38.7 Å². The molecule has 0 aromatic carbocycles. The third-order valence-electron chi connectivity index (χ3n) is 7.05. The highest BCUT2D eigenvalue weighted by atomic mass is 31.1. The molecule has 4 aromatic rings. The number of alkyl halides is 2. The summed E-state index contributed by atoms with van der Waals surface area (Å²) < 4.78 is 92.8. The van der Waals surface area contributed by atoms with Crippen molar-refractivity contribution in [2.75, 3.05) is 24.7 Å². The SMILES string of the molecule is Nc1ncnc2c1ncn2[C@@H]1O[C@@H]2CO[PH](=O)O[C@H]3[C@@H](F)[C@H](n4cnc5c(N)ncnc54)O[C@@H]3CO[PH](=O)O[C@H]2[C@H]1F. The van der Waals surface area contributed by atoms with Gasteiger partial charge in [0.1, 0.15) is 48.1 Å². The van der Waals surface area contributed by atoms with E-state index in [0.717, 1.165) is 0 Å². The minimum Gasteiger partial charge on any atom is -0.382 e. The van der Waals surface area contributed by atoms with Crippen LogP contribution in [0.4, 0.5) is 20.4 Å². The molecule has 0 bridgehead atoms. The van der Waals surface area contributed by atoms with Gasteiger partial charge in [0.15, 0.2) is 47.7 Å². The van der Waals surface area contributed by atoms with Crippen LogP contribution in [0, 0.1) is 0 Å². The van der Waals surface area contributed by atoms with Gasteiger partial charge < -0.3 is 39.0 Å². The summed E-state index contributed by atoms with van der Waals surface area (Å²) in [6.07, 6.45) is -7.07. The molecule has 3 aliphatic rings. The van der Waals surface area contributed by atoms with Gasteiger partial charge in [-0.1, -0.05) is 0 Å². The van der Waals surface area contributed by atoms with Gasteiger partial charge in [-0.15, -0.1) is 0 Å². The molecule has 4 aromatic heterocycles. The average Bonchev–Trinajstić information content (AvgIpc) is 3.73. The molecule has 0 amide bonds. The second-order valence-electron chi connectivity index (χ2n) is 9.47. The Labute approximate surface area is 234 Å². The lowest BCUT2D eigenvalue weighted by molar-refractivity contribution is -0.0533.